The van der Waals surface area contributed by atoms with Gasteiger partial charge in [0.05, 0.1) is 18.8 Å². The number of benzene rings is 1. The Bertz CT molecular complexity index is 613. The average Bonchev–Trinajstić information content (AvgIpc) is 2.81. The third-order valence-corrected chi connectivity index (χ3v) is 3.87. The molecule has 0 radical (unpaired) electrons. The Balaban J connectivity index is 2.32. The highest BCUT2D eigenvalue weighted by Crippen LogP contribution is 2.27. The van der Waals surface area contributed by atoms with Crippen molar-refractivity contribution in [1.82, 2.24) is 15.0 Å². The summed E-state index contributed by atoms with van der Waals surface area (Å²) in [6, 6.07) is 4.52. The van der Waals surface area contributed by atoms with E-state index in [0.717, 1.165) is 0 Å². The summed E-state index contributed by atoms with van der Waals surface area (Å²) < 4.78 is 1.79. The Hall–Kier alpha value is -1.68. The van der Waals surface area contributed by atoms with Gasteiger partial charge in [-0.3, -0.25) is 0 Å². The van der Waals surface area contributed by atoms with Crippen molar-refractivity contribution in [2.75, 3.05) is 0 Å². The van der Waals surface area contributed by atoms with Crippen LogP contribution in [0.2, 0.25) is 0 Å². The van der Waals surface area contributed by atoms with Gasteiger partial charge in [0.25, 0.3) is 0 Å². The predicted octanol–water partition coefficient (Wildman–Crippen LogP) is 3.29. The van der Waals surface area contributed by atoms with Gasteiger partial charge in [-0.15, -0.1) is 5.10 Å². The van der Waals surface area contributed by atoms with Crippen LogP contribution in [0, 0.1) is 13.8 Å². The highest BCUT2D eigenvalue weighted by Gasteiger charge is 2.17. The molecule has 4 nitrogen and oxygen atoms in total. The fourth-order valence-electron chi connectivity index (χ4n) is 2.42. The van der Waals surface area contributed by atoms with Gasteiger partial charge in [-0.25, -0.2) is 4.68 Å². The van der Waals surface area contributed by atoms with Crippen LogP contribution in [0.1, 0.15) is 61.7 Å². The number of aliphatic hydroxyl groups excluding tert-OH is 1. The van der Waals surface area contributed by atoms with Crippen LogP contribution in [0.4, 0.5) is 0 Å². The molecule has 1 N–H and O–H groups in total. The summed E-state index contributed by atoms with van der Waals surface area (Å²) in [6.07, 6.45) is 1.23. The van der Waals surface area contributed by atoms with Gasteiger partial charge in [0.15, 0.2) is 0 Å². The van der Waals surface area contributed by atoms with Crippen molar-refractivity contribution in [3.63, 3.8) is 0 Å². The van der Waals surface area contributed by atoms with Gasteiger partial charge in [0.2, 0.25) is 0 Å². The van der Waals surface area contributed by atoms with Gasteiger partial charge < -0.3 is 5.11 Å². The number of rotatable bonds is 3. The monoisotopic (exact) mass is 287 g/mol. The molecule has 1 aromatic heterocycles. The molecule has 0 aliphatic heterocycles. The molecule has 1 unspecified atom stereocenters. The lowest BCUT2D eigenvalue weighted by Gasteiger charge is -2.22. The number of hydrogen-bond donors (Lipinski definition) is 1. The summed E-state index contributed by atoms with van der Waals surface area (Å²) >= 11 is 0. The first-order chi connectivity index (χ1) is 9.68. The molecule has 0 saturated heterocycles. The summed E-state index contributed by atoms with van der Waals surface area (Å²) in [5, 5.41) is 17.6. The summed E-state index contributed by atoms with van der Waals surface area (Å²) in [5.41, 5.74) is 5.93. The molecular weight excluding hydrogens is 262 g/mol. The third kappa shape index (κ3) is 3.50. The minimum Gasteiger partial charge on any atom is -0.387 e. The van der Waals surface area contributed by atoms with Crippen LogP contribution >= 0.6 is 0 Å². The lowest BCUT2D eigenvalue weighted by molar-refractivity contribution is 0.194. The Kier molecular flexibility index (Phi) is 4.19. The summed E-state index contributed by atoms with van der Waals surface area (Å²) in [6.45, 7) is 13.4. The standard InChI is InChI=1S/C17H25N3O/c1-11-7-14(17(4,5)6)8-12(2)15(11)9-20-10-16(13(3)21)18-19-20/h7-8,10,13,21H,9H2,1-6H3. The van der Waals surface area contributed by atoms with E-state index < -0.39 is 6.10 Å². The number of aryl methyl sites for hydroxylation is 2. The fourth-order valence-corrected chi connectivity index (χ4v) is 2.42. The Morgan fingerprint density at radius 2 is 1.76 bits per heavy atom. The van der Waals surface area contributed by atoms with E-state index in [9.17, 15) is 5.11 Å². The number of aliphatic hydroxyl groups is 1. The molecule has 2 aromatic rings. The average molecular weight is 287 g/mol. The maximum Gasteiger partial charge on any atom is 0.111 e. The number of aromatic nitrogens is 3. The maximum absolute atomic E-state index is 9.52. The molecule has 0 aliphatic carbocycles. The second-order valence-corrected chi connectivity index (χ2v) is 6.86. The van der Waals surface area contributed by atoms with E-state index in [-0.39, 0.29) is 5.41 Å². The normalized spacial score (nSPS) is 13.5. The second-order valence-electron chi connectivity index (χ2n) is 6.86. The van der Waals surface area contributed by atoms with Gasteiger partial charge in [-0.1, -0.05) is 38.1 Å². The van der Waals surface area contributed by atoms with Gasteiger partial charge in [0, 0.05) is 0 Å². The molecule has 21 heavy (non-hydrogen) atoms. The molecule has 1 aromatic carbocycles. The van der Waals surface area contributed by atoms with Crippen molar-refractivity contribution in [1.29, 1.82) is 0 Å². The van der Waals surface area contributed by atoms with E-state index in [1.807, 2.05) is 0 Å². The van der Waals surface area contributed by atoms with E-state index in [0.29, 0.717) is 12.2 Å². The molecule has 1 atom stereocenters. The Labute approximate surface area is 126 Å². The second kappa shape index (κ2) is 5.60. The van der Waals surface area contributed by atoms with Crippen LogP contribution < -0.4 is 0 Å². The summed E-state index contributed by atoms with van der Waals surface area (Å²) in [5.74, 6) is 0. The van der Waals surface area contributed by atoms with Gasteiger partial charge in [-0.05, 0) is 48.4 Å². The van der Waals surface area contributed by atoms with Crippen molar-refractivity contribution in [3.05, 3.63) is 46.3 Å². The summed E-state index contributed by atoms with van der Waals surface area (Å²) in [7, 11) is 0. The molecular formula is C17H25N3O. The van der Waals surface area contributed by atoms with Crippen LogP contribution in [-0.4, -0.2) is 20.1 Å². The van der Waals surface area contributed by atoms with E-state index in [2.05, 4.69) is 57.1 Å². The van der Waals surface area contributed by atoms with Gasteiger partial charge in [0.1, 0.15) is 5.69 Å². The lowest BCUT2D eigenvalue weighted by Crippen LogP contribution is -2.13. The zero-order valence-electron chi connectivity index (χ0n) is 13.8. The topological polar surface area (TPSA) is 50.9 Å². The molecule has 2 rings (SSSR count). The predicted molar refractivity (Wildman–Crippen MR) is 84.4 cm³/mol. The van der Waals surface area contributed by atoms with Gasteiger partial charge in [-0.2, -0.15) is 0 Å². The molecule has 1 heterocycles. The van der Waals surface area contributed by atoms with E-state index in [1.165, 1.54) is 22.3 Å². The van der Waals surface area contributed by atoms with Crippen LogP contribution in [-0.2, 0) is 12.0 Å². The highest BCUT2D eigenvalue weighted by molar-refractivity contribution is 5.40. The van der Waals surface area contributed by atoms with E-state index >= 15 is 0 Å². The van der Waals surface area contributed by atoms with Crippen molar-refractivity contribution in [2.24, 2.45) is 0 Å². The minimum atomic E-state index is -0.579. The minimum absolute atomic E-state index is 0.154. The SMILES string of the molecule is Cc1cc(C(C)(C)C)cc(C)c1Cn1cc(C(C)O)nn1. The highest BCUT2D eigenvalue weighted by atomic mass is 16.3. The zero-order valence-corrected chi connectivity index (χ0v) is 13.8. The number of nitrogens with zero attached hydrogens (tertiary/aromatic N) is 3. The largest absolute Gasteiger partial charge is 0.387 e. The van der Waals surface area contributed by atoms with Crippen LogP contribution in [0.3, 0.4) is 0 Å². The van der Waals surface area contributed by atoms with Crippen molar-refractivity contribution in [2.45, 2.75) is 59.6 Å². The third-order valence-electron chi connectivity index (χ3n) is 3.87. The van der Waals surface area contributed by atoms with E-state index in [4.69, 9.17) is 0 Å². The molecule has 4 heteroatoms. The van der Waals surface area contributed by atoms with Crippen molar-refractivity contribution < 1.29 is 5.11 Å². The first-order valence-corrected chi connectivity index (χ1v) is 7.37. The molecule has 0 saturated carbocycles. The molecule has 0 amide bonds. The first kappa shape index (κ1) is 15.7. The molecule has 114 valence electrons. The van der Waals surface area contributed by atoms with Crippen LogP contribution in [0.5, 0.6) is 0 Å². The fraction of sp³-hybridized carbons (Fsp3) is 0.529. The van der Waals surface area contributed by atoms with Gasteiger partial charge >= 0.3 is 0 Å². The Morgan fingerprint density at radius 3 is 2.19 bits per heavy atom. The van der Waals surface area contributed by atoms with Crippen LogP contribution in [0.15, 0.2) is 18.3 Å². The van der Waals surface area contributed by atoms with E-state index in [1.54, 1.807) is 17.8 Å². The quantitative estimate of drug-likeness (QED) is 0.942. The molecule has 0 spiro atoms. The summed E-state index contributed by atoms with van der Waals surface area (Å²) in [4.78, 5) is 0. The molecule has 0 fully saturated rings. The number of hydrogen-bond acceptors (Lipinski definition) is 3. The molecule has 0 aliphatic rings. The maximum atomic E-state index is 9.52. The zero-order chi connectivity index (χ0) is 15.8. The van der Waals surface area contributed by atoms with Crippen molar-refractivity contribution >= 4 is 0 Å². The lowest BCUT2D eigenvalue weighted by atomic mass is 9.84. The van der Waals surface area contributed by atoms with Crippen molar-refractivity contribution in [3.8, 4) is 0 Å². The molecule has 0 bridgehead atoms. The Morgan fingerprint density at radius 1 is 1.19 bits per heavy atom. The smallest absolute Gasteiger partial charge is 0.111 e. The van der Waals surface area contributed by atoms with Crippen LogP contribution in [0.25, 0.3) is 0 Å². The first-order valence-electron chi connectivity index (χ1n) is 7.37.